The number of halogens is 1. The maximum Gasteiger partial charge on any atom is 0.191 e. The van der Waals surface area contributed by atoms with Gasteiger partial charge < -0.3 is 15.4 Å². The Morgan fingerprint density at radius 3 is 2.59 bits per heavy atom. The Bertz CT molecular complexity index is 450. The highest BCUT2D eigenvalue weighted by molar-refractivity contribution is 14.0. The molecule has 0 saturated carbocycles. The number of rotatable bonds is 8. The lowest BCUT2D eigenvalue weighted by Crippen LogP contribution is -2.38. The first-order chi connectivity index (χ1) is 10.2. The quantitative estimate of drug-likeness (QED) is 0.294. The third kappa shape index (κ3) is 8.58. The van der Waals surface area contributed by atoms with Crippen LogP contribution >= 0.6 is 24.0 Å². The molecule has 126 valence electrons. The molecule has 0 bridgehead atoms. The minimum atomic E-state index is 0. The molecular weight excluding hydrogens is 389 g/mol. The van der Waals surface area contributed by atoms with E-state index in [1.807, 2.05) is 6.92 Å². The first-order valence-electron chi connectivity index (χ1n) is 7.83. The van der Waals surface area contributed by atoms with Crippen molar-refractivity contribution in [3.8, 4) is 0 Å². The summed E-state index contributed by atoms with van der Waals surface area (Å²) in [6, 6.07) is 6.50. The van der Waals surface area contributed by atoms with Crippen LogP contribution < -0.4 is 10.6 Å². The number of aliphatic imine (C=N–C) groups is 1. The molecule has 0 aromatic heterocycles. The molecule has 5 heteroatoms. The van der Waals surface area contributed by atoms with E-state index < -0.39 is 0 Å². The molecule has 0 aliphatic rings. The van der Waals surface area contributed by atoms with Crippen molar-refractivity contribution in [3.63, 3.8) is 0 Å². The van der Waals surface area contributed by atoms with Crippen LogP contribution in [0, 0.1) is 13.8 Å². The van der Waals surface area contributed by atoms with Crippen molar-refractivity contribution in [2.45, 2.75) is 40.7 Å². The highest BCUT2D eigenvalue weighted by atomic mass is 127. The number of hydrogen-bond acceptors (Lipinski definition) is 2. The number of aryl methyl sites for hydroxylation is 2. The van der Waals surface area contributed by atoms with Gasteiger partial charge in [0.1, 0.15) is 0 Å². The van der Waals surface area contributed by atoms with Gasteiger partial charge in [-0.05, 0) is 45.2 Å². The molecule has 0 spiro atoms. The lowest BCUT2D eigenvalue weighted by Gasteiger charge is -2.12. The molecule has 0 aliphatic carbocycles. The lowest BCUT2D eigenvalue weighted by molar-refractivity contribution is 0.145. The van der Waals surface area contributed by atoms with Crippen molar-refractivity contribution >= 4 is 29.9 Å². The van der Waals surface area contributed by atoms with Crippen LogP contribution in [0.2, 0.25) is 0 Å². The fourth-order valence-electron chi connectivity index (χ4n) is 2.05. The SMILES string of the molecule is CCNC(=NCc1ccc(C)cc1C)NCCCOCC.I. The fourth-order valence-corrected chi connectivity index (χ4v) is 2.05. The van der Waals surface area contributed by atoms with E-state index in [9.17, 15) is 0 Å². The van der Waals surface area contributed by atoms with Crippen molar-refractivity contribution in [2.75, 3.05) is 26.3 Å². The number of guanidine groups is 1. The number of nitrogens with one attached hydrogen (secondary N) is 2. The summed E-state index contributed by atoms with van der Waals surface area (Å²) in [6.45, 7) is 12.4. The Hall–Kier alpha value is -0.820. The Morgan fingerprint density at radius 1 is 1.18 bits per heavy atom. The minimum Gasteiger partial charge on any atom is -0.382 e. The third-order valence-electron chi connectivity index (χ3n) is 3.21. The van der Waals surface area contributed by atoms with Gasteiger partial charge in [-0.15, -0.1) is 24.0 Å². The molecule has 0 aliphatic heterocycles. The summed E-state index contributed by atoms with van der Waals surface area (Å²) in [5.74, 6) is 0.869. The molecule has 0 unspecified atom stereocenters. The molecule has 1 aromatic rings. The molecule has 2 N–H and O–H groups in total. The van der Waals surface area contributed by atoms with Crippen LogP contribution in [0.4, 0.5) is 0 Å². The largest absolute Gasteiger partial charge is 0.382 e. The van der Waals surface area contributed by atoms with Crippen LogP contribution in [0.5, 0.6) is 0 Å². The molecule has 22 heavy (non-hydrogen) atoms. The lowest BCUT2D eigenvalue weighted by atomic mass is 10.1. The van der Waals surface area contributed by atoms with Crippen LogP contribution in [0.15, 0.2) is 23.2 Å². The average Bonchev–Trinajstić information content (AvgIpc) is 2.46. The Balaban J connectivity index is 0.00000441. The number of benzene rings is 1. The molecule has 0 saturated heterocycles. The standard InChI is InChI=1S/C17H29N3O.HI/c1-5-18-17(19-10-7-11-21-6-2)20-13-16-9-8-14(3)12-15(16)4;/h8-9,12H,5-7,10-11,13H2,1-4H3,(H2,18,19,20);1H. The van der Waals surface area contributed by atoms with Gasteiger partial charge in [-0.25, -0.2) is 4.99 Å². The predicted octanol–water partition coefficient (Wildman–Crippen LogP) is 3.40. The molecule has 1 rings (SSSR count). The van der Waals surface area contributed by atoms with Gasteiger partial charge in [-0.1, -0.05) is 23.8 Å². The Kier molecular flexibility index (Phi) is 12.2. The van der Waals surface area contributed by atoms with Crippen LogP contribution in [0.1, 0.15) is 37.0 Å². The molecule has 1 aromatic carbocycles. The Morgan fingerprint density at radius 2 is 1.95 bits per heavy atom. The summed E-state index contributed by atoms with van der Waals surface area (Å²) in [7, 11) is 0. The molecule has 4 nitrogen and oxygen atoms in total. The topological polar surface area (TPSA) is 45.7 Å². The summed E-state index contributed by atoms with van der Waals surface area (Å²) in [4.78, 5) is 4.65. The fraction of sp³-hybridized carbons (Fsp3) is 0.588. The maximum absolute atomic E-state index is 5.33. The molecule has 0 fully saturated rings. The molecule has 0 atom stereocenters. The van der Waals surface area contributed by atoms with E-state index in [1.165, 1.54) is 16.7 Å². The smallest absolute Gasteiger partial charge is 0.191 e. The van der Waals surface area contributed by atoms with Crippen molar-refractivity contribution < 1.29 is 4.74 Å². The first-order valence-corrected chi connectivity index (χ1v) is 7.83. The Labute approximate surface area is 152 Å². The molecule has 0 amide bonds. The van der Waals surface area contributed by atoms with E-state index >= 15 is 0 Å². The van der Waals surface area contributed by atoms with Gasteiger partial charge in [0.2, 0.25) is 0 Å². The van der Waals surface area contributed by atoms with Crippen molar-refractivity contribution in [1.29, 1.82) is 0 Å². The van der Waals surface area contributed by atoms with Crippen LogP contribution in [-0.4, -0.2) is 32.3 Å². The predicted molar refractivity (Wildman–Crippen MR) is 105 cm³/mol. The number of nitrogens with zero attached hydrogens (tertiary/aromatic N) is 1. The van der Waals surface area contributed by atoms with Gasteiger partial charge in [0.25, 0.3) is 0 Å². The normalized spacial score (nSPS) is 11.0. The monoisotopic (exact) mass is 419 g/mol. The third-order valence-corrected chi connectivity index (χ3v) is 3.21. The summed E-state index contributed by atoms with van der Waals surface area (Å²) in [6.07, 6.45) is 0.988. The second kappa shape index (κ2) is 12.7. The highest BCUT2D eigenvalue weighted by Gasteiger charge is 2.00. The zero-order chi connectivity index (χ0) is 15.5. The van der Waals surface area contributed by atoms with E-state index in [1.54, 1.807) is 0 Å². The van der Waals surface area contributed by atoms with Gasteiger partial charge in [-0.2, -0.15) is 0 Å². The van der Waals surface area contributed by atoms with Gasteiger partial charge in [0, 0.05) is 26.3 Å². The summed E-state index contributed by atoms with van der Waals surface area (Å²) < 4.78 is 5.33. The average molecular weight is 419 g/mol. The van der Waals surface area contributed by atoms with Crippen LogP contribution in [0.25, 0.3) is 0 Å². The van der Waals surface area contributed by atoms with Crippen molar-refractivity contribution in [2.24, 2.45) is 4.99 Å². The van der Waals surface area contributed by atoms with Crippen molar-refractivity contribution in [3.05, 3.63) is 34.9 Å². The molecular formula is C17H30IN3O. The maximum atomic E-state index is 5.33. The summed E-state index contributed by atoms with van der Waals surface area (Å²) in [5, 5.41) is 6.61. The zero-order valence-corrected chi connectivity index (χ0v) is 16.6. The van der Waals surface area contributed by atoms with E-state index in [-0.39, 0.29) is 24.0 Å². The van der Waals surface area contributed by atoms with Gasteiger partial charge in [0.15, 0.2) is 5.96 Å². The zero-order valence-electron chi connectivity index (χ0n) is 14.2. The number of ether oxygens (including phenoxy) is 1. The summed E-state index contributed by atoms with van der Waals surface area (Å²) in [5.41, 5.74) is 3.86. The molecule has 0 radical (unpaired) electrons. The van der Waals surface area contributed by atoms with Gasteiger partial charge in [0.05, 0.1) is 6.54 Å². The van der Waals surface area contributed by atoms with Crippen LogP contribution in [0.3, 0.4) is 0 Å². The van der Waals surface area contributed by atoms with Crippen LogP contribution in [-0.2, 0) is 11.3 Å². The number of hydrogen-bond donors (Lipinski definition) is 2. The van der Waals surface area contributed by atoms with Crippen molar-refractivity contribution in [1.82, 2.24) is 10.6 Å². The summed E-state index contributed by atoms with van der Waals surface area (Å²) >= 11 is 0. The highest BCUT2D eigenvalue weighted by Crippen LogP contribution is 2.11. The first kappa shape index (κ1) is 21.2. The van der Waals surface area contributed by atoms with E-state index in [4.69, 9.17) is 4.74 Å². The van der Waals surface area contributed by atoms with E-state index in [0.717, 1.165) is 38.7 Å². The van der Waals surface area contributed by atoms with E-state index in [0.29, 0.717) is 6.54 Å². The van der Waals surface area contributed by atoms with Gasteiger partial charge >= 0.3 is 0 Å². The van der Waals surface area contributed by atoms with E-state index in [2.05, 4.69) is 54.6 Å². The van der Waals surface area contributed by atoms with Gasteiger partial charge in [-0.3, -0.25) is 0 Å². The second-order valence-corrected chi connectivity index (χ2v) is 5.10. The second-order valence-electron chi connectivity index (χ2n) is 5.10. The molecule has 0 heterocycles. The minimum absolute atomic E-state index is 0.